The largest absolute Gasteiger partial charge is 0.342 e. The minimum atomic E-state index is 0.364. The van der Waals surface area contributed by atoms with Crippen molar-refractivity contribution in [1.29, 1.82) is 0 Å². The second kappa shape index (κ2) is 7.66. The van der Waals surface area contributed by atoms with E-state index in [9.17, 15) is 4.79 Å². The summed E-state index contributed by atoms with van der Waals surface area (Å²) in [6, 6.07) is 0. The monoisotopic (exact) mass is 226 g/mol. The molecular formula is C13H26N2O. The van der Waals surface area contributed by atoms with Crippen LogP contribution in [0.2, 0.25) is 0 Å². The maximum Gasteiger partial charge on any atom is 0.222 e. The minimum Gasteiger partial charge on any atom is -0.342 e. The summed E-state index contributed by atoms with van der Waals surface area (Å²) in [5.74, 6) is 0.923. The molecule has 1 fully saturated rings. The Bertz CT molecular complexity index is 206. The van der Waals surface area contributed by atoms with Crippen molar-refractivity contribution in [2.45, 2.75) is 46.0 Å². The van der Waals surface area contributed by atoms with Gasteiger partial charge in [-0.1, -0.05) is 26.7 Å². The number of rotatable bonds is 5. The SMILES string of the molecule is CCNCC(C)CN1CCCCCCC1=O. The van der Waals surface area contributed by atoms with Gasteiger partial charge < -0.3 is 10.2 Å². The van der Waals surface area contributed by atoms with E-state index in [1.807, 2.05) is 0 Å². The smallest absolute Gasteiger partial charge is 0.222 e. The molecule has 0 aromatic heterocycles. The van der Waals surface area contributed by atoms with Crippen LogP contribution in [-0.4, -0.2) is 37.0 Å². The topological polar surface area (TPSA) is 32.3 Å². The predicted molar refractivity (Wildman–Crippen MR) is 67.4 cm³/mol. The van der Waals surface area contributed by atoms with Gasteiger partial charge in [-0.15, -0.1) is 0 Å². The highest BCUT2D eigenvalue weighted by atomic mass is 16.2. The van der Waals surface area contributed by atoms with E-state index in [-0.39, 0.29) is 0 Å². The van der Waals surface area contributed by atoms with Crippen molar-refractivity contribution in [2.24, 2.45) is 5.92 Å². The number of nitrogens with zero attached hydrogens (tertiary/aromatic N) is 1. The zero-order valence-corrected chi connectivity index (χ0v) is 10.8. The Balaban J connectivity index is 2.33. The molecule has 1 aliphatic rings. The molecule has 1 aliphatic heterocycles. The third-order valence-corrected chi connectivity index (χ3v) is 3.20. The van der Waals surface area contributed by atoms with Crippen molar-refractivity contribution in [3.05, 3.63) is 0 Å². The molecule has 1 unspecified atom stereocenters. The van der Waals surface area contributed by atoms with Gasteiger partial charge in [-0.2, -0.15) is 0 Å². The molecule has 0 aromatic carbocycles. The third kappa shape index (κ3) is 4.97. The summed E-state index contributed by atoms with van der Waals surface area (Å²) >= 11 is 0. The van der Waals surface area contributed by atoms with Crippen LogP contribution in [0.5, 0.6) is 0 Å². The Morgan fingerprint density at radius 3 is 2.81 bits per heavy atom. The van der Waals surface area contributed by atoms with Crippen molar-refractivity contribution in [2.75, 3.05) is 26.2 Å². The molecule has 1 N–H and O–H groups in total. The van der Waals surface area contributed by atoms with Crippen LogP contribution >= 0.6 is 0 Å². The number of likely N-dealkylation sites (tertiary alicyclic amines) is 1. The van der Waals surface area contributed by atoms with Gasteiger partial charge in [0.15, 0.2) is 0 Å². The van der Waals surface area contributed by atoms with Crippen LogP contribution in [0, 0.1) is 5.92 Å². The summed E-state index contributed by atoms with van der Waals surface area (Å²) < 4.78 is 0. The Morgan fingerprint density at radius 2 is 2.06 bits per heavy atom. The standard InChI is InChI=1S/C13H26N2O/c1-3-14-10-12(2)11-15-9-7-5-4-6-8-13(15)16/h12,14H,3-11H2,1-2H3. The molecule has 0 bridgehead atoms. The molecule has 1 amide bonds. The Kier molecular flexibility index (Phi) is 6.46. The molecule has 0 aromatic rings. The Labute approximate surface area is 99.6 Å². The average Bonchev–Trinajstić information content (AvgIpc) is 2.26. The van der Waals surface area contributed by atoms with Crippen molar-refractivity contribution < 1.29 is 4.79 Å². The molecule has 16 heavy (non-hydrogen) atoms. The lowest BCUT2D eigenvalue weighted by Crippen LogP contribution is -2.38. The molecule has 1 atom stereocenters. The number of hydrogen-bond acceptors (Lipinski definition) is 2. The molecule has 94 valence electrons. The van der Waals surface area contributed by atoms with Gasteiger partial charge in [0.25, 0.3) is 0 Å². The first kappa shape index (κ1) is 13.5. The highest BCUT2D eigenvalue weighted by Crippen LogP contribution is 2.13. The van der Waals surface area contributed by atoms with Gasteiger partial charge >= 0.3 is 0 Å². The van der Waals surface area contributed by atoms with Gasteiger partial charge in [-0.05, 0) is 31.8 Å². The van der Waals surface area contributed by atoms with E-state index in [4.69, 9.17) is 0 Å². The van der Waals surface area contributed by atoms with Crippen LogP contribution < -0.4 is 5.32 Å². The highest BCUT2D eigenvalue weighted by molar-refractivity contribution is 5.76. The summed E-state index contributed by atoms with van der Waals surface area (Å²) in [7, 11) is 0. The summed E-state index contributed by atoms with van der Waals surface area (Å²) in [4.78, 5) is 14.0. The van der Waals surface area contributed by atoms with Gasteiger partial charge in [0, 0.05) is 19.5 Å². The molecule has 0 aliphatic carbocycles. The van der Waals surface area contributed by atoms with Crippen LogP contribution in [0.1, 0.15) is 46.0 Å². The summed E-state index contributed by atoms with van der Waals surface area (Å²) in [6.45, 7) is 8.25. The number of carbonyl (C=O) groups excluding carboxylic acids is 1. The quantitative estimate of drug-likeness (QED) is 0.778. The van der Waals surface area contributed by atoms with Crippen molar-refractivity contribution in [3.8, 4) is 0 Å². The maximum absolute atomic E-state index is 11.9. The van der Waals surface area contributed by atoms with Crippen LogP contribution in [0.3, 0.4) is 0 Å². The molecule has 1 rings (SSSR count). The number of amides is 1. The highest BCUT2D eigenvalue weighted by Gasteiger charge is 2.17. The fourth-order valence-electron chi connectivity index (χ4n) is 2.24. The fraction of sp³-hybridized carbons (Fsp3) is 0.923. The predicted octanol–water partition coefficient (Wildman–Crippen LogP) is 2.02. The van der Waals surface area contributed by atoms with E-state index in [0.29, 0.717) is 11.8 Å². The van der Waals surface area contributed by atoms with Gasteiger partial charge in [0.2, 0.25) is 5.91 Å². The average molecular weight is 226 g/mol. The molecule has 0 saturated carbocycles. The molecule has 0 spiro atoms. The van der Waals surface area contributed by atoms with E-state index in [2.05, 4.69) is 24.1 Å². The lowest BCUT2D eigenvalue weighted by Gasteiger charge is -2.27. The number of carbonyl (C=O) groups is 1. The Morgan fingerprint density at radius 1 is 1.31 bits per heavy atom. The maximum atomic E-state index is 11.9. The van der Waals surface area contributed by atoms with Crippen molar-refractivity contribution in [1.82, 2.24) is 10.2 Å². The van der Waals surface area contributed by atoms with E-state index in [0.717, 1.165) is 39.0 Å². The lowest BCUT2D eigenvalue weighted by atomic mass is 10.1. The molecule has 1 saturated heterocycles. The number of hydrogen-bond donors (Lipinski definition) is 1. The van der Waals surface area contributed by atoms with E-state index >= 15 is 0 Å². The molecule has 3 heteroatoms. The van der Waals surface area contributed by atoms with Gasteiger partial charge in [0.1, 0.15) is 0 Å². The summed E-state index contributed by atoms with van der Waals surface area (Å²) in [5.41, 5.74) is 0. The lowest BCUT2D eigenvalue weighted by molar-refractivity contribution is -0.132. The van der Waals surface area contributed by atoms with Crippen molar-refractivity contribution >= 4 is 5.91 Å². The summed E-state index contributed by atoms with van der Waals surface area (Å²) in [6.07, 6.45) is 5.53. The van der Waals surface area contributed by atoms with Gasteiger partial charge in [-0.25, -0.2) is 0 Å². The molecule has 0 radical (unpaired) electrons. The van der Waals surface area contributed by atoms with Crippen LogP contribution in [0.4, 0.5) is 0 Å². The fourth-order valence-corrected chi connectivity index (χ4v) is 2.24. The summed E-state index contributed by atoms with van der Waals surface area (Å²) in [5, 5.41) is 3.34. The Hall–Kier alpha value is -0.570. The number of nitrogens with one attached hydrogen (secondary N) is 1. The van der Waals surface area contributed by atoms with Crippen LogP contribution in [0.15, 0.2) is 0 Å². The second-order valence-corrected chi connectivity index (χ2v) is 4.92. The van der Waals surface area contributed by atoms with Crippen molar-refractivity contribution in [3.63, 3.8) is 0 Å². The zero-order valence-electron chi connectivity index (χ0n) is 10.8. The van der Waals surface area contributed by atoms with Gasteiger partial charge in [-0.3, -0.25) is 4.79 Å². The molecule has 3 nitrogen and oxygen atoms in total. The first-order valence-electron chi connectivity index (χ1n) is 6.72. The zero-order chi connectivity index (χ0) is 11.8. The van der Waals surface area contributed by atoms with E-state index < -0.39 is 0 Å². The van der Waals surface area contributed by atoms with Crippen LogP contribution in [-0.2, 0) is 4.79 Å². The van der Waals surface area contributed by atoms with E-state index in [1.54, 1.807) is 0 Å². The third-order valence-electron chi connectivity index (χ3n) is 3.20. The first-order valence-corrected chi connectivity index (χ1v) is 6.72. The molecule has 1 heterocycles. The van der Waals surface area contributed by atoms with Gasteiger partial charge in [0.05, 0.1) is 0 Å². The van der Waals surface area contributed by atoms with E-state index in [1.165, 1.54) is 19.3 Å². The normalized spacial score (nSPS) is 20.4. The minimum absolute atomic E-state index is 0.364. The molecular weight excluding hydrogens is 200 g/mol. The van der Waals surface area contributed by atoms with Crippen LogP contribution in [0.25, 0.3) is 0 Å². The first-order chi connectivity index (χ1) is 7.74. The second-order valence-electron chi connectivity index (χ2n) is 4.92.